The van der Waals surface area contributed by atoms with E-state index in [1.165, 1.54) is 0 Å². The molecule has 0 atom stereocenters. The van der Waals surface area contributed by atoms with Gasteiger partial charge in [0.15, 0.2) is 0 Å². The van der Waals surface area contributed by atoms with Crippen LogP contribution >= 0.6 is 0 Å². The molecule has 4 rings (SSSR count). The number of hydrogen-bond acceptors (Lipinski definition) is 4. The minimum absolute atomic E-state index is 0.113. The highest BCUT2D eigenvalue weighted by atomic mass is 16.2. The van der Waals surface area contributed by atoms with Crippen molar-refractivity contribution < 1.29 is 4.79 Å². The Bertz CT molecular complexity index is 895. The average molecular weight is 335 g/mol. The maximum absolute atomic E-state index is 12.9. The molecule has 0 saturated carbocycles. The smallest absolute Gasteiger partial charge is 0.254 e. The first-order valence-electron chi connectivity index (χ1n) is 8.61. The number of fused-ring (bicyclic) bond motifs is 1. The number of rotatable bonds is 3. The standard InChI is InChI=1S/C19H21N5O/c1-13-11-18(22-12-21-13)23-14-6-9-24(10-7-14)19(25)16-3-2-4-17-15(16)5-8-20-17/h2-5,8,11-12,14,20H,6-7,9-10H2,1H3,(H,21,22,23). The molecule has 2 aromatic heterocycles. The van der Waals surface area contributed by atoms with Crippen molar-refractivity contribution in [2.45, 2.75) is 25.8 Å². The van der Waals surface area contributed by atoms with Gasteiger partial charge in [-0.15, -0.1) is 0 Å². The summed E-state index contributed by atoms with van der Waals surface area (Å²) in [5.74, 6) is 0.968. The van der Waals surface area contributed by atoms with Crippen molar-refractivity contribution in [2.75, 3.05) is 18.4 Å². The Hall–Kier alpha value is -2.89. The molecule has 0 bridgehead atoms. The van der Waals surface area contributed by atoms with Crippen molar-refractivity contribution in [1.82, 2.24) is 19.9 Å². The summed E-state index contributed by atoms with van der Waals surface area (Å²) in [4.78, 5) is 26.4. The topological polar surface area (TPSA) is 73.9 Å². The highest BCUT2D eigenvalue weighted by molar-refractivity contribution is 6.06. The summed E-state index contributed by atoms with van der Waals surface area (Å²) in [7, 11) is 0. The number of H-pyrrole nitrogens is 1. The van der Waals surface area contributed by atoms with E-state index in [-0.39, 0.29) is 5.91 Å². The van der Waals surface area contributed by atoms with E-state index >= 15 is 0 Å². The molecule has 0 unspecified atom stereocenters. The van der Waals surface area contributed by atoms with Crippen molar-refractivity contribution in [3.8, 4) is 0 Å². The number of amides is 1. The minimum Gasteiger partial charge on any atom is -0.367 e. The zero-order valence-corrected chi connectivity index (χ0v) is 14.2. The summed E-state index contributed by atoms with van der Waals surface area (Å²) >= 11 is 0. The number of benzene rings is 1. The molecule has 0 aliphatic carbocycles. The highest BCUT2D eigenvalue weighted by Gasteiger charge is 2.24. The van der Waals surface area contributed by atoms with Crippen molar-refractivity contribution in [1.29, 1.82) is 0 Å². The lowest BCUT2D eigenvalue weighted by atomic mass is 10.0. The van der Waals surface area contributed by atoms with Gasteiger partial charge < -0.3 is 15.2 Å². The normalized spacial score (nSPS) is 15.5. The summed E-state index contributed by atoms with van der Waals surface area (Å²) < 4.78 is 0. The lowest BCUT2D eigenvalue weighted by molar-refractivity contribution is 0.0720. The molecule has 1 fully saturated rings. The van der Waals surface area contributed by atoms with Crippen molar-refractivity contribution in [3.05, 3.63) is 54.1 Å². The number of nitrogens with zero attached hydrogens (tertiary/aromatic N) is 3. The summed E-state index contributed by atoms with van der Waals surface area (Å²) in [5.41, 5.74) is 2.72. The predicted molar refractivity (Wildman–Crippen MR) is 97.6 cm³/mol. The number of nitrogens with one attached hydrogen (secondary N) is 2. The van der Waals surface area contributed by atoms with Gasteiger partial charge in [-0.1, -0.05) is 6.07 Å². The zero-order chi connectivity index (χ0) is 17.2. The Morgan fingerprint density at radius 2 is 2.08 bits per heavy atom. The fourth-order valence-electron chi connectivity index (χ4n) is 3.41. The lowest BCUT2D eigenvalue weighted by Gasteiger charge is -2.32. The lowest BCUT2D eigenvalue weighted by Crippen LogP contribution is -2.42. The predicted octanol–water partition coefficient (Wildman–Crippen LogP) is 2.98. The van der Waals surface area contributed by atoms with E-state index in [1.54, 1.807) is 6.33 Å². The molecule has 1 aliphatic heterocycles. The number of piperidine rings is 1. The third-order valence-corrected chi connectivity index (χ3v) is 4.76. The summed E-state index contributed by atoms with van der Waals surface area (Å²) in [6.45, 7) is 3.46. The van der Waals surface area contributed by atoms with Crippen LogP contribution in [-0.4, -0.2) is 44.9 Å². The van der Waals surface area contributed by atoms with Gasteiger partial charge in [-0.05, 0) is 38.0 Å². The number of carbonyl (C=O) groups is 1. The van der Waals surface area contributed by atoms with Gasteiger partial charge in [0.2, 0.25) is 0 Å². The van der Waals surface area contributed by atoms with E-state index in [2.05, 4.69) is 20.3 Å². The Morgan fingerprint density at radius 3 is 2.88 bits per heavy atom. The van der Waals surface area contributed by atoms with E-state index < -0.39 is 0 Å². The SMILES string of the molecule is Cc1cc(NC2CCN(C(=O)c3cccc4[nH]ccc34)CC2)ncn1. The molecule has 1 aliphatic rings. The third-order valence-electron chi connectivity index (χ3n) is 4.76. The van der Waals surface area contributed by atoms with E-state index in [4.69, 9.17) is 0 Å². The van der Waals surface area contributed by atoms with Crippen LogP contribution in [0.25, 0.3) is 10.9 Å². The fraction of sp³-hybridized carbons (Fsp3) is 0.316. The highest BCUT2D eigenvalue weighted by Crippen LogP contribution is 2.22. The third kappa shape index (κ3) is 3.20. The van der Waals surface area contributed by atoms with Crippen LogP contribution in [0.5, 0.6) is 0 Å². The van der Waals surface area contributed by atoms with Crippen LogP contribution in [0.2, 0.25) is 0 Å². The first-order chi connectivity index (χ1) is 12.2. The van der Waals surface area contributed by atoms with Crippen LogP contribution in [0, 0.1) is 6.92 Å². The Labute approximate surface area is 146 Å². The molecule has 0 radical (unpaired) electrons. The molecular weight excluding hydrogens is 314 g/mol. The molecule has 1 amide bonds. The number of anilines is 1. The molecule has 0 spiro atoms. The average Bonchev–Trinajstić information content (AvgIpc) is 3.10. The second kappa shape index (κ2) is 6.55. The largest absolute Gasteiger partial charge is 0.367 e. The Balaban J connectivity index is 1.41. The van der Waals surface area contributed by atoms with E-state index in [9.17, 15) is 4.79 Å². The Morgan fingerprint density at radius 1 is 1.24 bits per heavy atom. The van der Waals surface area contributed by atoms with Crippen LogP contribution in [0.1, 0.15) is 28.9 Å². The molecule has 3 heterocycles. The van der Waals surface area contributed by atoms with Crippen molar-refractivity contribution >= 4 is 22.6 Å². The first kappa shape index (κ1) is 15.6. The molecule has 1 aromatic carbocycles. The number of aromatic nitrogens is 3. The number of carbonyl (C=O) groups excluding carboxylic acids is 1. The molecule has 6 nitrogen and oxygen atoms in total. The summed E-state index contributed by atoms with van der Waals surface area (Å²) in [6, 6.07) is 10.1. The van der Waals surface area contributed by atoms with Gasteiger partial charge in [-0.3, -0.25) is 4.79 Å². The summed E-state index contributed by atoms with van der Waals surface area (Å²) in [5, 5.41) is 4.44. The van der Waals surface area contributed by atoms with Crippen molar-refractivity contribution in [2.24, 2.45) is 0 Å². The number of likely N-dealkylation sites (tertiary alicyclic amines) is 1. The second-order valence-electron chi connectivity index (χ2n) is 6.50. The van der Waals surface area contributed by atoms with Gasteiger partial charge in [-0.2, -0.15) is 0 Å². The van der Waals surface area contributed by atoms with E-state index in [0.29, 0.717) is 6.04 Å². The molecular formula is C19H21N5O. The number of hydrogen-bond donors (Lipinski definition) is 2. The minimum atomic E-state index is 0.113. The van der Waals surface area contributed by atoms with Gasteiger partial charge in [0, 0.05) is 53.6 Å². The first-order valence-corrected chi connectivity index (χ1v) is 8.61. The van der Waals surface area contributed by atoms with Crippen LogP contribution in [0.15, 0.2) is 42.9 Å². The molecule has 25 heavy (non-hydrogen) atoms. The molecule has 1 saturated heterocycles. The quantitative estimate of drug-likeness (QED) is 0.772. The second-order valence-corrected chi connectivity index (χ2v) is 6.50. The van der Waals surface area contributed by atoms with E-state index in [0.717, 1.165) is 53.9 Å². The van der Waals surface area contributed by atoms with Gasteiger partial charge in [-0.25, -0.2) is 9.97 Å². The maximum atomic E-state index is 12.9. The molecule has 3 aromatic rings. The van der Waals surface area contributed by atoms with Gasteiger partial charge >= 0.3 is 0 Å². The number of aryl methyl sites for hydroxylation is 1. The van der Waals surface area contributed by atoms with E-state index in [1.807, 2.05) is 48.4 Å². The van der Waals surface area contributed by atoms with Crippen LogP contribution in [0.3, 0.4) is 0 Å². The van der Waals surface area contributed by atoms with Gasteiger partial charge in [0.05, 0.1) is 0 Å². The molecule has 6 heteroatoms. The fourth-order valence-corrected chi connectivity index (χ4v) is 3.41. The van der Waals surface area contributed by atoms with Gasteiger partial charge in [0.1, 0.15) is 12.1 Å². The Kier molecular flexibility index (Phi) is 4.09. The zero-order valence-electron chi connectivity index (χ0n) is 14.2. The monoisotopic (exact) mass is 335 g/mol. The van der Waals surface area contributed by atoms with Gasteiger partial charge in [0.25, 0.3) is 5.91 Å². The molecule has 128 valence electrons. The van der Waals surface area contributed by atoms with Crippen LogP contribution in [-0.2, 0) is 0 Å². The maximum Gasteiger partial charge on any atom is 0.254 e. The number of aromatic amines is 1. The van der Waals surface area contributed by atoms with Crippen LogP contribution in [0.4, 0.5) is 5.82 Å². The molecule has 2 N–H and O–H groups in total. The summed E-state index contributed by atoms with van der Waals surface area (Å²) in [6.07, 6.45) is 5.28. The van der Waals surface area contributed by atoms with Crippen molar-refractivity contribution in [3.63, 3.8) is 0 Å². The van der Waals surface area contributed by atoms with Crippen LogP contribution < -0.4 is 5.32 Å².